The third kappa shape index (κ3) is 3.95. The number of ether oxygens (including phenoxy) is 1. The molecule has 2 heterocycles. The number of rotatable bonds is 5. The number of aromatic nitrogens is 2. The Morgan fingerprint density at radius 3 is 2.89 bits per heavy atom. The average molecular weight is 465 g/mol. The number of halogens is 2. The lowest BCUT2D eigenvalue weighted by atomic mass is 10.1. The van der Waals surface area contributed by atoms with Gasteiger partial charge >= 0.3 is 0 Å². The first-order chi connectivity index (χ1) is 13.5. The molecule has 3 aromatic rings. The zero-order valence-electron chi connectivity index (χ0n) is 15.0. The first-order valence-corrected chi connectivity index (χ1v) is 10.5. The van der Waals surface area contributed by atoms with Gasteiger partial charge in [0, 0.05) is 12.1 Å². The lowest BCUT2D eigenvalue weighted by molar-refractivity contribution is 0.0927. The summed E-state index contributed by atoms with van der Waals surface area (Å²) >= 11 is 4.70. The molecule has 1 aliphatic carbocycles. The van der Waals surface area contributed by atoms with E-state index in [4.69, 9.17) is 4.74 Å². The Bertz CT molecular complexity index is 1030. The van der Waals surface area contributed by atoms with Crippen LogP contribution in [0.5, 0.6) is 5.75 Å². The van der Waals surface area contributed by atoms with Gasteiger partial charge in [0.05, 0.1) is 17.3 Å². The lowest BCUT2D eigenvalue weighted by Gasteiger charge is -2.22. The number of fused-ring (bicyclic) bond motifs is 1. The minimum absolute atomic E-state index is 0.0486. The van der Waals surface area contributed by atoms with Crippen molar-refractivity contribution in [3.8, 4) is 5.75 Å². The van der Waals surface area contributed by atoms with E-state index in [0.717, 1.165) is 34.6 Å². The number of pyridine rings is 1. The fourth-order valence-electron chi connectivity index (χ4n) is 3.41. The Morgan fingerprint density at radius 1 is 1.25 bits per heavy atom. The van der Waals surface area contributed by atoms with Gasteiger partial charge in [-0.2, -0.15) is 0 Å². The van der Waals surface area contributed by atoms with Crippen LogP contribution in [0.4, 0.5) is 9.52 Å². The summed E-state index contributed by atoms with van der Waals surface area (Å²) < 4.78 is 20.0. The monoisotopic (exact) mass is 464 g/mol. The van der Waals surface area contributed by atoms with E-state index < -0.39 is 0 Å². The summed E-state index contributed by atoms with van der Waals surface area (Å²) in [7, 11) is 1.51. The molecule has 2 atom stereocenters. The number of carbonyl (C=O) groups excluding carboxylic acids is 1. The van der Waals surface area contributed by atoms with Gasteiger partial charge < -0.3 is 15.4 Å². The van der Waals surface area contributed by atoms with E-state index in [1.807, 2.05) is 0 Å². The highest BCUT2D eigenvalue weighted by Crippen LogP contribution is 2.30. The van der Waals surface area contributed by atoms with Gasteiger partial charge in [0.1, 0.15) is 16.2 Å². The molecule has 0 radical (unpaired) electrons. The molecule has 1 fully saturated rings. The number of benzene rings is 1. The molecule has 9 heteroatoms. The van der Waals surface area contributed by atoms with Gasteiger partial charge in [0.25, 0.3) is 5.91 Å². The SMILES string of the molecule is COc1ccc(Br)nc1C(=O)N[C@H]1CCC[C@@H]1Nc1nc2ccc(F)cc2s1. The van der Waals surface area contributed by atoms with Crippen molar-refractivity contribution in [2.45, 2.75) is 31.3 Å². The smallest absolute Gasteiger partial charge is 0.274 e. The second-order valence-corrected chi connectivity index (χ2v) is 8.42. The molecule has 0 spiro atoms. The van der Waals surface area contributed by atoms with Gasteiger partial charge in [-0.3, -0.25) is 4.79 Å². The normalized spacial score (nSPS) is 19.0. The number of anilines is 1. The molecule has 28 heavy (non-hydrogen) atoms. The number of thiazole rings is 1. The number of hydrogen-bond acceptors (Lipinski definition) is 6. The molecule has 1 saturated carbocycles. The Morgan fingerprint density at radius 2 is 2.07 bits per heavy atom. The van der Waals surface area contributed by atoms with Gasteiger partial charge in [0.2, 0.25) is 0 Å². The predicted molar refractivity (Wildman–Crippen MR) is 111 cm³/mol. The topological polar surface area (TPSA) is 76.1 Å². The first kappa shape index (κ1) is 19.1. The van der Waals surface area contributed by atoms with Crippen molar-refractivity contribution in [3.63, 3.8) is 0 Å². The third-order valence-corrected chi connectivity index (χ3v) is 6.14. The summed E-state index contributed by atoms with van der Waals surface area (Å²) in [5.74, 6) is -0.121. The van der Waals surface area contributed by atoms with Crippen LogP contribution in [0.3, 0.4) is 0 Å². The van der Waals surface area contributed by atoms with Crippen molar-refractivity contribution in [1.29, 1.82) is 0 Å². The van der Waals surface area contributed by atoms with Crippen LogP contribution in [0.2, 0.25) is 0 Å². The largest absolute Gasteiger partial charge is 0.494 e. The van der Waals surface area contributed by atoms with Crippen LogP contribution < -0.4 is 15.4 Å². The molecule has 2 aromatic heterocycles. The number of hydrogen-bond donors (Lipinski definition) is 2. The summed E-state index contributed by atoms with van der Waals surface area (Å²) in [5, 5.41) is 7.20. The van der Waals surface area contributed by atoms with Gasteiger partial charge in [-0.15, -0.1) is 0 Å². The second kappa shape index (κ2) is 8.00. The summed E-state index contributed by atoms with van der Waals surface area (Å²) in [5.41, 5.74) is 1.01. The Hall–Kier alpha value is -2.26. The molecule has 6 nitrogen and oxygen atoms in total. The number of nitrogens with zero attached hydrogens (tertiary/aromatic N) is 2. The highest BCUT2D eigenvalue weighted by molar-refractivity contribution is 9.10. The molecule has 0 unspecified atom stereocenters. The highest BCUT2D eigenvalue weighted by Gasteiger charge is 2.30. The van der Waals surface area contributed by atoms with Gasteiger partial charge in [-0.05, 0) is 65.5 Å². The minimum atomic E-state index is -0.275. The fraction of sp³-hybridized carbons (Fsp3) is 0.316. The number of nitrogens with one attached hydrogen (secondary N) is 2. The van der Waals surface area contributed by atoms with Crippen LogP contribution in [0.25, 0.3) is 10.2 Å². The molecule has 0 bridgehead atoms. The average Bonchev–Trinajstić information content (AvgIpc) is 3.27. The predicted octanol–water partition coefficient (Wildman–Crippen LogP) is 4.36. The molecule has 2 N–H and O–H groups in total. The standard InChI is InChI=1S/C19H18BrFN4O2S/c1-27-14-7-8-16(20)25-17(14)18(26)22-11-3-2-4-12(11)23-19-24-13-6-5-10(21)9-15(13)28-19/h5-9,11-12H,2-4H2,1H3,(H,22,26)(H,23,24)/t11-,12-/m0/s1. The molecule has 146 valence electrons. The Balaban J connectivity index is 1.48. The van der Waals surface area contributed by atoms with Gasteiger partial charge in [-0.1, -0.05) is 11.3 Å². The van der Waals surface area contributed by atoms with Crippen LogP contribution >= 0.6 is 27.3 Å². The van der Waals surface area contributed by atoms with E-state index in [-0.39, 0.29) is 29.5 Å². The van der Waals surface area contributed by atoms with Crippen LogP contribution in [0, 0.1) is 5.82 Å². The maximum absolute atomic E-state index is 13.4. The second-order valence-electron chi connectivity index (χ2n) is 6.58. The third-order valence-electron chi connectivity index (χ3n) is 4.75. The molecule has 0 saturated heterocycles. The first-order valence-electron chi connectivity index (χ1n) is 8.87. The van der Waals surface area contributed by atoms with Gasteiger partial charge in [-0.25, -0.2) is 14.4 Å². The molecular formula is C19H18BrFN4O2S. The van der Waals surface area contributed by atoms with Gasteiger partial charge in [0.15, 0.2) is 10.8 Å². The molecule has 0 aliphatic heterocycles. The van der Waals surface area contributed by atoms with Crippen molar-refractivity contribution in [2.75, 3.05) is 12.4 Å². The molecule has 1 aliphatic rings. The molecule has 1 aromatic carbocycles. The zero-order valence-corrected chi connectivity index (χ0v) is 17.4. The van der Waals surface area contributed by atoms with Crippen LogP contribution in [-0.4, -0.2) is 35.1 Å². The van der Waals surface area contributed by atoms with E-state index in [1.54, 1.807) is 18.2 Å². The molecular weight excluding hydrogens is 447 g/mol. The van der Waals surface area contributed by atoms with E-state index >= 15 is 0 Å². The van der Waals surface area contributed by atoms with Crippen molar-refractivity contribution in [3.05, 3.63) is 46.4 Å². The van der Waals surface area contributed by atoms with E-state index in [0.29, 0.717) is 10.4 Å². The summed E-state index contributed by atoms with van der Waals surface area (Å²) in [6, 6.07) is 7.99. The lowest BCUT2D eigenvalue weighted by Crippen LogP contribution is -2.43. The van der Waals surface area contributed by atoms with E-state index in [2.05, 4.69) is 36.5 Å². The maximum Gasteiger partial charge on any atom is 0.274 e. The quantitative estimate of drug-likeness (QED) is 0.548. The Labute approximate surface area is 173 Å². The molecule has 1 amide bonds. The summed E-state index contributed by atoms with van der Waals surface area (Å²) in [6.45, 7) is 0. The van der Waals surface area contributed by atoms with Crippen molar-refractivity contribution in [1.82, 2.24) is 15.3 Å². The number of amides is 1. The number of carbonyl (C=O) groups is 1. The maximum atomic E-state index is 13.4. The van der Waals surface area contributed by atoms with Crippen molar-refractivity contribution >= 4 is 48.5 Å². The van der Waals surface area contributed by atoms with E-state index in [9.17, 15) is 9.18 Å². The summed E-state index contributed by atoms with van der Waals surface area (Å²) in [6.07, 6.45) is 2.77. The highest BCUT2D eigenvalue weighted by atomic mass is 79.9. The van der Waals surface area contributed by atoms with Crippen LogP contribution in [0.15, 0.2) is 34.9 Å². The van der Waals surface area contributed by atoms with E-state index in [1.165, 1.54) is 30.6 Å². The number of methoxy groups -OCH3 is 1. The minimum Gasteiger partial charge on any atom is -0.494 e. The van der Waals surface area contributed by atoms with Crippen LogP contribution in [0.1, 0.15) is 29.8 Å². The molecule has 4 rings (SSSR count). The van der Waals surface area contributed by atoms with Crippen molar-refractivity contribution < 1.29 is 13.9 Å². The van der Waals surface area contributed by atoms with Crippen molar-refractivity contribution in [2.24, 2.45) is 0 Å². The van der Waals surface area contributed by atoms with Crippen LogP contribution in [-0.2, 0) is 0 Å². The Kier molecular flexibility index (Phi) is 5.45. The fourth-order valence-corrected chi connectivity index (χ4v) is 4.67. The zero-order chi connectivity index (χ0) is 19.7. The summed E-state index contributed by atoms with van der Waals surface area (Å²) in [4.78, 5) is 21.5.